The molecule has 0 aliphatic carbocycles. The third kappa shape index (κ3) is 1.59. The molecule has 15 heavy (non-hydrogen) atoms. The summed E-state index contributed by atoms with van der Waals surface area (Å²) >= 11 is 0. The zero-order valence-corrected chi connectivity index (χ0v) is 7.97. The molecule has 0 aliphatic heterocycles. The average Bonchev–Trinajstić information content (AvgIpc) is 2.61. The summed E-state index contributed by atoms with van der Waals surface area (Å²) in [7, 11) is 0. The topological polar surface area (TPSA) is 76.2 Å². The number of hydrogen-bond acceptors (Lipinski definition) is 4. The van der Waals surface area contributed by atoms with Gasteiger partial charge in [0.05, 0.1) is 5.69 Å². The molecule has 0 spiro atoms. The van der Waals surface area contributed by atoms with Crippen molar-refractivity contribution in [1.82, 2.24) is 10.1 Å². The fraction of sp³-hybridized carbons (Fsp3) is 0.100. The Bertz CT molecular complexity index is 491. The molecule has 0 aliphatic rings. The fourth-order valence-corrected chi connectivity index (χ4v) is 1.32. The van der Waals surface area contributed by atoms with Gasteiger partial charge in [-0.15, -0.1) is 0 Å². The molecule has 0 aromatic carbocycles. The molecule has 2 rings (SSSR count). The largest absolute Gasteiger partial charge is 0.477 e. The number of hydrogen-bond donors (Lipinski definition) is 1. The second-order valence-electron chi connectivity index (χ2n) is 3.02. The van der Waals surface area contributed by atoms with Crippen LogP contribution < -0.4 is 0 Å². The van der Waals surface area contributed by atoms with E-state index in [1.807, 2.05) is 0 Å². The Morgan fingerprint density at radius 1 is 1.53 bits per heavy atom. The molecule has 2 aromatic rings. The first-order chi connectivity index (χ1) is 7.20. The highest BCUT2D eigenvalue weighted by Gasteiger charge is 2.20. The first kappa shape index (κ1) is 9.39. The Morgan fingerprint density at radius 3 is 2.93 bits per heavy atom. The summed E-state index contributed by atoms with van der Waals surface area (Å²) in [5.41, 5.74) is 1.06. The van der Waals surface area contributed by atoms with Crippen LogP contribution in [0.2, 0.25) is 0 Å². The van der Waals surface area contributed by atoms with E-state index in [9.17, 15) is 4.79 Å². The predicted octanol–water partition coefficient (Wildman–Crippen LogP) is 1.74. The fourth-order valence-electron chi connectivity index (χ4n) is 1.32. The van der Waals surface area contributed by atoms with E-state index in [2.05, 4.69) is 10.1 Å². The first-order valence-corrected chi connectivity index (χ1v) is 4.30. The van der Waals surface area contributed by atoms with Crippen LogP contribution in [0, 0.1) is 6.92 Å². The van der Waals surface area contributed by atoms with E-state index >= 15 is 0 Å². The second kappa shape index (κ2) is 3.53. The van der Waals surface area contributed by atoms with Gasteiger partial charge in [-0.3, -0.25) is 4.98 Å². The maximum atomic E-state index is 11.0. The van der Waals surface area contributed by atoms with Gasteiger partial charge in [0.25, 0.3) is 0 Å². The Morgan fingerprint density at radius 2 is 2.33 bits per heavy atom. The average molecular weight is 204 g/mol. The zero-order chi connectivity index (χ0) is 10.8. The molecule has 0 saturated carbocycles. The lowest BCUT2D eigenvalue weighted by atomic mass is 10.1. The lowest BCUT2D eigenvalue weighted by Crippen LogP contribution is -1.99. The predicted molar refractivity (Wildman–Crippen MR) is 51.4 cm³/mol. The van der Waals surface area contributed by atoms with Gasteiger partial charge in [-0.25, -0.2) is 4.79 Å². The highest BCUT2D eigenvalue weighted by Crippen LogP contribution is 2.24. The quantitative estimate of drug-likeness (QED) is 0.806. The van der Waals surface area contributed by atoms with Gasteiger partial charge in [0.15, 0.2) is 5.76 Å². The molecule has 0 amide bonds. The van der Waals surface area contributed by atoms with Crippen molar-refractivity contribution in [2.75, 3.05) is 0 Å². The van der Waals surface area contributed by atoms with E-state index in [-0.39, 0.29) is 11.3 Å². The van der Waals surface area contributed by atoms with Gasteiger partial charge in [0, 0.05) is 18.0 Å². The van der Waals surface area contributed by atoms with Crippen molar-refractivity contribution in [3.63, 3.8) is 0 Å². The SMILES string of the molecule is Cc1noc(-c2cccnc2)c1C(=O)O. The van der Waals surface area contributed by atoms with Crippen molar-refractivity contribution < 1.29 is 14.4 Å². The molecule has 76 valence electrons. The third-order valence-corrected chi connectivity index (χ3v) is 2.00. The Hall–Kier alpha value is -2.17. The van der Waals surface area contributed by atoms with Gasteiger partial charge in [-0.2, -0.15) is 0 Å². The van der Waals surface area contributed by atoms with Gasteiger partial charge in [0.2, 0.25) is 0 Å². The van der Waals surface area contributed by atoms with Crippen molar-refractivity contribution in [1.29, 1.82) is 0 Å². The molecule has 0 radical (unpaired) electrons. The lowest BCUT2D eigenvalue weighted by molar-refractivity contribution is 0.0696. The maximum Gasteiger partial charge on any atom is 0.341 e. The molecular weight excluding hydrogens is 196 g/mol. The maximum absolute atomic E-state index is 11.0. The molecule has 0 unspecified atom stereocenters. The summed E-state index contributed by atoms with van der Waals surface area (Å²) in [5.74, 6) is -0.805. The first-order valence-electron chi connectivity index (χ1n) is 4.30. The van der Waals surface area contributed by atoms with Crippen LogP contribution in [0.5, 0.6) is 0 Å². The summed E-state index contributed by atoms with van der Waals surface area (Å²) in [5, 5.41) is 12.6. The molecule has 2 aromatic heterocycles. The molecule has 0 saturated heterocycles. The Kier molecular flexibility index (Phi) is 2.21. The lowest BCUT2D eigenvalue weighted by Gasteiger charge is -1.96. The Balaban J connectivity index is 2.59. The number of pyridine rings is 1. The molecule has 5 nitrogen and oxygen atoms in total. The summed E-state index contributed by atoms with van der Waals surface area (Å²) in [6.07, 6.45) is 3.14. The van der Waals surface area contributed by atoms with Crippen LogP contribution in [0.4, 0.5) is 0 Å². The standard InChI is InChI=1S/C10H8N2O3/c1-6-8(10(13)14)9(15-12-6)7-3-2-4-11-5-7/h2-5H,1H3,(H,13,14). The van der Waals surface area contributed by atoms with E-state index < -0.39 is 5.97 Å². The molecule has 1 N–H and O–H groups in total. The van der Waals surface area contributed by atoms with Crippen LogP contribution in [0.3, 0.4) is 0 Å². The number of aryl methyl sites for hydroxylation is 1. The number of carboxylic acids is 1. The zero-order valence-electron chi connectivity index (χ0n) is 7.97. The van der Waals surface area contributed by atoms with Crippen LogP contribution in [0.15, 0.2) is 29.0 Å². The van der Waals surface area contributed by atoms with Gasteiger partial charge in [-0.1, -0.05) is 5.16 Å². The van der Waals surface area contributed by atoms with Crippen LogP contribution in [0.1, 0.15) is 16.1 Å². The van der Waals surface area contributed by atoms with Crippen LogP contribution >= 0.6 is 0 Å². The van der Waals surface area contributed by atoms with Gasteiger partial charge < -0.3 is 9.63 Å². The minimum absolute atomic E-state index is 0.0861. The number of aromatic nitrogens is 2. The number of aromatic carboxylic acids is 1. The molecule has 0 atom stereocenters. The van der Waals surface area contributed by atoms with E-state index in [1.54, 1.807) is 25.3 Å². The van der Waals surface area contributed by atoms with Crippen LogP contribution in [-0.2, 0) is 0 Å². The molecule has 5 heteroatoms. The van der Waals surface area contributed by atoms with E-state index in [1.165, 1.54) is 6.20 Å². The van der Waals surface area contributed by atoms with Gasteiger partial charge in [-0.05, 0) is 19.1 Å². The highest BCUT2D eigenvalue weighted by atomic mass is 16.5. The number of nitrogens with zero attached hydrogens (tertiary/aromatic N) is 2. The molecule has 0 bridgehead atoms. The van der Waals surface area contributed by atoms with Gasteiger partial charge in [0.1, 0.15) is 5.56 Å². The van der Waals surface area contributed by atoms with Crippen molar-refractivity contribution in [2.45, 2.75) is 6.92 Å². The number of carboxylic acid groups (broad SMARTS) is 1. The van der Waals surface area contributed by atoms with Gasteiger partial charge >= 0.3 is 5.97 Å². The van der Waals surface area contributed by atoms with Crippen molar-refractivity contribution in [2.24, 2.45) is 0 Å². The number of carbonyl (C=O) groups is 1. The van der Waals surface area contributed by atoms with Crippen molar-refractivity contribution >= 4 is 5.97 Å². The van der Waals surface area contributed by atoms with E-state index in [0.717, 1.165) is 0 Å². The van der Waals surface area contributed by atoms with Crippen molar-refractivity contribution in [3.8, 4) is 11.3 Å². The van der Waals surface area contributed by atoms with Crippen molar-refractivity contribution in [3.05, 3.63) is 35.8 Å². The Labute approximate surface area is 85.4 Å². The molecule has 0 fully saturated rings. The van der Waals surface area contributed by atoms with Crippen LogP contribution in [0.25, 0.3) is 11.3 Å². The third-order valence-electron chi connectivity index (χ3n) is 2.00. The smallest absolute Gasteiger partial charge is 0.341 e. The molecule has 2 heterocycles. The summed E-state index contributed by atoms with van der Waals surface area (Å²) < 4.78 is 4.97. The minimum Gasteiger partial charge on any atom is -0.477 e. The second-order valence-corrected chi connectivity index (χ2v) is 3.02. The molecular formula is C10H8N2O3. The van der Waals surface area contributed by atoms with E-state index in [4.69, 9.17) is 9.63 Å². The van der Waals surface area contributed by atoms with E-state index in [0.29, 0.717) is 11.3 Å². The van der Waals surface area contributed by atoms with Crippen LogP contribution in [-0.4, -0.2) is 21.2 Å². The monoisotopic (exact) mass is 204 g/mol. The normalized spacial score (nSPS) is 10.2. The summed E-state index contributed by atoms with van der Waals surface area (Å²) in [4.78, 5) is 14.8. The summed E-state index contributed by atoms with van der Waals surface area (Å²) in [6, 6.07) is 3.43. The minimum atomic E-state index is -1.05. The highest BCUT2D eigenvalue weighted by molar-refractivity contribution is 5.95. The number of rotatable bonds is 2. The summed E-state index contributed by atoms with van der Waals surface area (Å²) in [6.45, 7) is 1.59.